The first-order valence-electron chi connectivity index (χ1n) is 21.3. The highest BCUT2D eigenvalue weighted by atomic mass is 15.0. The van der Waals surface area contributed by atoms with Crippen molar-refractivity contribution < 1.29 is 0 Å². The second kappa shape index (κ2) is 14.3. The van der Waals surface area contributed by atoms with E-state index in [4.69, 9.17) is 6.57 Å². The minimum atomic E-state index is -0.576. The number of nitriles is 3. The topological polar surface area (TPSA) is 85.6 Å². The lowest BCUT2D eigenvalue weighted by molar-refractivity contribution is 0.769. The van der Waals surface area contributed by atoms with Crippen LogP contribution in [0.5, 0.6) is 0 Å². The molecule has 0 atom stereocenters. The minimum Gasteiger partial charge on any atom is -0.318 e. The van der Waals surface area contributed by atoms with Crippen LogP contribution >= 0.6 is 0 Å². The summed E-state index contributed by atoms with van der Waals surface area (Å²) in [7, 11) is 0. The molecule has 2 heterocycles. The molecule has 6 nitrogen and oxygen atoms in total. The average molecular weight is 825 g/mol. The zero-order valence-corrected chi connectivity index (χ0v) is 34.7. The second-order valence-corrected chi connectivity index (χ2v) is 16.4. The van der Waals surface area contributed by atoms with E-state index in [2.05, 4.69) is 143 Å². The van der Waals surface area contributed by atoms with Gasteiger partial charge >= 0.3 is 0 Å². The van der Waals surface area contributed by atoms with Crippen LogP contribution in [0.15, 0.2) is 194 Å². The van der Waals surface area contributed by atoms with Crippen LogP contribution in [0.4, 0.5) is 5.69 Å². The Morgan fingerprint density at radius 3 is 1.58 bits per heavy atom. The number of hydrogen-bond donors (Lipinski definition) is 0. The number of benzene rings is 9. The summed E-state index contributed by atoms with van der Waals surface area (Å²) in [4.78, 5) is 3.95. The summed E-state index contributed by atoms with van der Waals surface area (Å²) < 4.78 is 4.09. The Hall–Kier alpha value is -9.46. The Morgan fingerprint density at radius 2 is 0.985 bits per heavy atom. The molecule has 0 saturated heterocycles. The molecule has 0 saturated carbocycles. The fraction of sp³-hybridized carbons (Fsp3) is 0.0169. The van der Waals surface area contributed by atoms with E-state index in [1.807, 2.05) is 71.3 Å². The molecule has 0 radical (unpaired) electrons. The zero-order chi connectivity index (χ0) is 43.8. The zero-order valence-electron chi connectivity index (χ0n) is 34.7. The van der Waals surface area contributed by atoms with E-state index in [0.29, 0.717) is 28.1 Å². The van der Waals surface area contributed by atoms with Gasteiger partial charge in [-0.05, 0) is 93.0 Å². The smallest absolute Gasteiger partial charge is 0.229 e. The van der Waals surface area contributed by atoms with Crippen molar-refractivity contribution >= 4 is 49.3 Å². The summed E-state index contributed by atoms with van der Waals surface area (Å²) in [6.45, 7) is 8.45. The number of nitrogens with zero attached hydrogens (tertiary/aromatic N) is 6. The molecular formula is C59H32N6. The Balaban J connectivity index is 1.09. The summed E-state index contributed by atoms with van der Waals surface area (Å²) in [6, 6.07) is 73.3. The van der Waals surface area contributed by atoms with Crippen molar-refractivity contribution in [2.45, 2.75) is 5.41 Å². The lowest BCUT2D eigenvalue weighted by Gasteiger charge is -2.34. The minimum absolute atomic E-state index is 0.0780. The average Bonchev–Trinajstić information content (AvgIpc) is 3.99. The Kier molecular flexibility index (Phi) is 8.21. The standard InChI is InChI=1S/C59H32N6/c1-63-57-49(36-62)46(31-39(35-61)58(57)65-54-26-14-9-21-43(54)44-22-10-15-27-55(44)65)37-28-29-52(38(30-37)34-60)64-53-25-13-11-23-45(53)48-32-51-47(33-56(48)64)42-20-8-12-24-50(42)59(51,40-16-4-2-5-17-40)41-18-6-3-7-19-41/h2-33H. The molecule has 1 aliphatic rings. The molecule has 298 valence electrons. The van der Waals surface area contributed by atoms with Gasteiger partial charge in [0.1, 0.15) is 6.07 Å². The van der Waals surface area contributed by atoms with Crippen LogP contribution in [0.2, 0.25) is 0 Å². The van der Waals surface area contributed by atoms with Gasteiger partial charge in [0.05, 0.1) is 74.3 Å². The van der Waals surface area contributed by atoms with Crippen LogP contribution in [0.25, 0.3) is 82.1 Å². The lowest BCUT2D eigenvalue weighted by Crippen LogP contribution is -2.28. The molecule has 0 N–H and O–H groups in total. The van der Waals surface area contributed by atoms with Crippen LogP contribution in [-0.2, 0) is 5.41 Å². The maximum Gasteiger partial charge on any atom is 0.229 e. The van der Waals surface area contributed by atoms with Crippen molar-refractivity contribution in [3.63, 3.8) is 0 Å². The summed E-state index contributed by atoms with van der Waals surface area (Å²) in [6.07, 6.45) is 0. The number of hydrogen-bond acceptors (Lipinski definition) is 3. The first-order valence-corrected chi connectivity index (χ1v) is 21.3. The van der Waals surface area contributed by atoms with Crippen molar-refractivity contribution in [2.24, 2.45) is 0 Å². The molecule has 6 heteroatoms. The highest BCUT2D eigenvalue weighted by Crippen LogP contribution is 2.57. The van der Waals surface area contributed by atoms with Crippen molar-refractivity contribution in [3.8, 4) is 51.8 Å². The van der Waals surface area contributed by atoms with Gasteiger partial charge in [0.2, 0.25) is 5.69 Å². The van der Waals surface area contributed by atoms with Crippen LogP contribution < -0.4 is 0 Å². The van der Waals surface area contributed by atoms with Crippen molar-refractivity contribution in [2.75, 3.05) is 0 Å². The summed E-state index contributed by atoms with van der Waals surface area (Å²) in [5, 5.41) is 36.7. The maximum atomic E-state index is 11.0. The molecule has 2 aromatic heterocycles. The molecule has 0 unspecified atom stereocenters. The van der Waals surface area contributed by atoms with Gasteiger partial charge < -0.3 is 9.13 Å². The van der Waals surface area contributed by atoms with Crippen LogP contribution in [-0.4, -0.2) is 9.13 Å². The van der Waals surface area contributed by atoms with Crippen molar-refractivity contribution in [1.82, 2.24) is 9.13 Å². The van der Waals surface area contributed by atoms with E-state index in [1.54, 1.807) is 12.1 Å². The van der Waals surface area contributed by atoms with Crippen LogP contribution in [0.1, 0.15) is 38.9 Å². The van der Waals surface area contributed by atoms with Gasteiger partial charge in [-0.3, -0.25) is 0 Å². The largest absolute Gasteiger partial charge is 0.318 e. The van der Waals surface area contributed by atoms with Crippen molar-refractivity contribution in [3.05, 3.63) is 244 Å². The van der Waals surface area contributed by atoms with Gasteiger partial charge in [0.25, 0.3) is 0 Å². The third-order valence-electron chi connectivity index (χ3n) is 13.3. The van der Waals surface area contributed by atoms with E-state index in [9.17, 15) is 15.8 Å². The lowest BCUT2D eigenvalue weighted by atomic mass is 9.67. The first-order chi connectivity index (χ1) is 32.1. The van der Waals surface area contributed by atoms with Crippen LogP contribution in [0.3, 0.4) is 0 Å². The third kappa shape index (κ3) is 5.12. The van der Waals surface area contributed by atoms with E-state index >= 15 is 0 Å². The predicted molar refractivity (Wildman–Crippen MR) is 258 cm³/mol. The SMILES string of the molecule is [C-]#[N+]c1c(C#N)c(-c2ccc(-n3c4ccccc4c4cc5c(cc43)-c3ccccc3C5(c3ccccc3)c3ccccc3)c(C#N)c2)cc(C#N)c1-n1c2ccccc2c2ccccc21. The second-order valence-electron chi connectivity index (χ2n) is 16.4. The molecule has 9 aromatic carbocycles. The van der Waals surface area contributed by atoms with Gasteiger partial charge in [-0.15, -0.1) is 0 Å². The Morgan fingerprint density at radius 1 is 0.431 bits per heavy atom. The molecule has 12 rings (SSSR count). The molecule has 0 bridgehead atoms. The molecule has 0 amide bonds. The molecule has 1 aliphatic carbocycles. The first kappa shape index (κ1) is 37.3. The number of para-hydroxylation sites is 3. The predicted octanol–water partition coefficient (Wildman–Crippen LogP) is 14.1. The molecule has 65 heavy (non-hydrogen) atoms. The monoisotopic (exact) mass is 824 g/mol. The van der Waals surface area contributed by atoms with Crippen molar-refractivity contribution in [1.29, 1.82) is 15.8 Å². The fourth-order valence-corrected chi connectivity index (χ4v) is 10.7. The number of rotatable bonds is 5. The highest BCUT2D eigenvalue weighted by molar-refractivity contribution is 6.13. The third-order valence-corrected chi connectivity index (χ3v) is 13.3. The highest BCUT2D eigenvalue weighted by Gasteiger charge is 2.46. The number of fused-ring (bicyclic) bond motifs is 9. The fourth-order valence-electron chi connectivity index (χ4n) is 10.7. The Labute approximate surface area is 374 Å². The molecule has 0 aliphatic heterocycles. The summed E-state index contributed by atoms with van der Waals surface area (Å²) in [5.74, 6) is 0. The summed E-state index contributed by atoms with van der Waals surface area (Å²) >= 11 is 0. The van der Waals surface area contributed by atoms with E-state index < -0.39 is 5.41 Å². The maximum absolute atomic E-state index is 11.0. The quantitative estimate of drug-likeness (QED) is 0.162. The van der Waals surface area contributed by atoms with E-state index in [0.717, 1.165) is 54.7 Å². The summed E-state index contributed by atoms with van der Waals surface area (Å²) in [5.41, 5.74) is 12.9. The molecular weight excluding hydrogens is 793 g/mol. The molecule has 11 aromatic rings. The van der Waals surface area contributed by atoms with Gasteiger partial charge in [-0.25, -0.2) is 4.85 Å². The number of aromatic nitrogens is 2. The Bertz CT molecular complexity index is 3900. The van der Waals surface area contributed by atoms with E-state index in [1.165, 1.54) is 22.3 Å². The van der Waals surface area contributed by atoms with Crippen LogP contribution in [0, 0.1) is 40.6 Å². The van der Waals surface area contributed by atoms with Gasteiger partial charge in [0, 0.05) is 21.5 Å². The van der Waals surface area contributed by atoms with E-state index in [-0.39, 0.29) is 16.8 Å². The normalized spacial score (nSPS) is 12.4. The van der Waals surface area contributed by atoms with Gasteiger partial charge in [-0.2, -0.15) is 15.8 Å². The molecule has 0 fully saturated rings. The van der Waals surface area contributed by atoms with Gasteiger partial charge in [0.15, 0.2) is 0 Å². The van der Waals surface area contributed by atoms with Gasteiger partial charge in [-0.1, -0.05) is 146 Å². The molecule has 0 spiro atoms.